The van der Waals surface area contributed by atoms with Gasteiger partial charge >= 0.3 is 5.97 Å². The van der Waals surface area contributed by atoms with Crippen LogP contribution in [0.25, 0.3) is 5.76 Å². The Balaban J connectivity index is 3.12. The van der Waals surface area contributed by atoms with E-state index in [0.717, 1.165) is 0 Å². The van der Waals surface area contributed by atoms with Crippen molar-refractivity contribution in [2.24, 2.45) is 5.18 Å². The van der Waals surface area contributed by atoms with Crippen LogP contribution >= 0.6 is 0 Å². The monoisotopic (exact) mass is 250 g/mol. The SMILES string of the molecule is C=C(OCC)c1cc(N=O)cc(C(=O)OCC)n1. The van der Waals surface area contributed by atoms with Crippen LogP contribution in [0.2, 0.25) is 0 Å². The number of ether oxygens (including phenoxy) is 2. The molecule has 0 unspecified atom stereocenters. The third-order valence-electron chi connectivity index (χ3n) is 2.00. The number of hydrogen-bond acceptors (Lipinski definition) is 6. The topological polar surface area (TPSA) is 77.8 Å². The lowest BCUT2D eigenvalue weighted by Crippen LogP contribution is -2.08. The Labute approximate surface area is 105 Å². The van der Waals surface area contributed by atoms with Gasteiger partial charge in [-0.2, -0.15) is 0 Å². The first-order valence-electron chi connectivity index (χ1n) is 5.47. The molecule has 0 bridgehead atoms. The molecule has 1 aromatic rings. The molecule has 0 aliphatic carbocycles. The zero-order chi connectivity index (χ0) is 13.5. The molecule has 0 fully saturated rings. The minimum atomic E-state index is -0.617. The molecule has 0 aliphatic rings. The molecule has 0 saturated carbocycles. The van der Waals surface area contributed by atoms with E-state index in [2.05, 4.69) is 16.7 Å². The third kappa shape index (κ3) is 3.38. The molecule has 1 aromatic heterocycles. The van der Waals surface area contributed by atoms with Gasteiger partial charge in [-0.25, -0.2) is 9.78 Å². The van der Waals surface area contributed by atoms with Gasteiger partial charge in [0.25, 0.3) is 0 Å². The fraction of sp³-hybridized carbons (Fsp3) is 0.333. The predicted molar refractivity (Wildman–Crippen MR) is 66.3 cm³/mol. The van der Waals surface area contributed by atoms with E-state index >= 15 is 0 Å². The number of nitroso groups, excluding NO2 is 1. The van der Waals surface area contributed by atoms with E-state index in [1.165, 1.54) is 12.1 Å². The van der Waals surface area contributed by atoms with Crippen molar-refractivity contribution in [3.8, 4) is 0 Å². The fourth-order valence-corrected chi connectivity index (χ4v) is 1.27. The van der Waals surface area contributed by atoms with E-state index in [1.54, 1.807) is 13.8 Å². The average molecular weight is 250 g/mol. The van der Waals surface area contributed by atoms with Crippen molar-refractivity contribution >= 4 is 17.4 Å². The molecule has 0 atom stereocenters. The molecule has 1 rings (SSSR count). The maximum Gasteiger partial charge on any atom is 0.357 e. The minimum absolute atomic E-state index is 0.00445. The third-order valence-corrected chi connectivity index (χ3v) is 2.00. The second-order valence-corrected chi connectivity index (χ2v) is 3.26. The molecule has 0 radical (unpaired) electrons. The van der Waals surface area contributed by atoms with Gasteiger partial charge in [0, 0.05) is 6.07 Å². The summed E-state index contributed by atoms with van der Waals surface area (Å²) in [5.41, 5.74) is 0.366. The molecule has 0 aromatic carbocycles. The second-order valence-electron chi connectivity index (χ2n) is 3.26. The smallest absolute Gasteiger partial charge is 0.357 e. The van der Waals surface area contributed by atoms with Crippen molar-refractivity contribution in [3.63, 3.8) is 0 Å². The zero-order valence-corrected chi connectivity index (χ0v) is 10.3. The van der Waals surface area contributed by atoms with Gasteiger partial charge in [0.15, 0.2) is 5.69 Å². The van der Waals surface area contributed by atoms with E-state index in [9.17, 15) is 9.70 Å². The molecule has 96 valence electrons. The lowest BCUT2D eigenvalue weighted by molar-refractivity contribution is 0.0519. The summed E-state index contributed by atoms with van der Waals surface area (Å²) >= 11 is 0. The number of carbonyl (C=O) groups excluding carboxylic acids is 1. The largest absolute Gasteiger partial charge is 0.492 e. The van der Waals surface area contributed by atoms with Crippen molar-refractivity contribution < 1.29 is 14.3 Å². The fourth-order valence-electron chi connectivity index (χ4n) is 1.27. The highest BCUT2D eigenvalue weighted by Crippen LogP contribution is 2.20. The first-order valence-corrected chi connectivity index (χ1v) is 5.47. The number of pyridine rings is 1. The van der Waals surface area contributed by atoms with Gasteiger partial charge in [0.1, 0.15) is 17.1 Å². The number of aromatic nitrogens is 1. The van der Waals surface area contributed by atoms with Gasteiger partial charge in [-0.15, -0.1) is 4.91 Å². The van der Waals surface area contributed by atoms with Crippen LogP contribution in [-0.2, 0) is 9.47 Å². The van der Waals surface area contributed by atoms with Gasteiger partial charge in [-0.3, -0.25) is 0 Å². The van der Waals surface area contributed by atoms with Gasteiger partial charge in [-0.05, 0) is 25.1 Å². The molecule has 0 amide bonds. The standard InChI is InChI=1S/C12H14N2O4/c1-4-17-8(3)10-6-9(14-16)7-11(13-10)12(15)18-5-2/h6-7H,3-5H2,1-2H3. The molecule has 0 spiro atoms. The van der Waals surface area contributed by atoms with Gasteiger partial charge < -0.3 is 9.47 Å². The van der Waals surface area contributed by atoms with Crippen LogP contribution in [0.15, 0.2) is 23.9 Å². The molecular weight excluding hydrogens is 236 g/mol. The van der Waals surface area contributed by atoms with E-state index < -0.39 is 5.97 Å². The summed E-state index contributed by atoms with van der Waals surface area (Å²) in [6.45, 7) is 7.76. The Morgan fingerprint density at radius 1 is 1.28 bits per heavy atom. The van der Waals surface area contributed by atoms with E-state index in [1.807, 2.05) is 0 Å². The van der Waals surface area contributed by atoms with Crippen LogP contribution < -0.4 is 0 Å². The first-order chi connectivity index (χ1) is 8.62. The Hall–Kier alpha value is -2.24. The number of carbonyl (C=O) groups is 1. The van der Waals surface area contributed by atoms with Gasteiger partial charge in [-0.1, -0.05) is 6.58 Å². The van der Waals surface area contributed by atoms with Crippen LogP contribution in [0, 0.1) is 4.91 Å². The number of esters is 1. The second kappa shape index (κ2) is 6.48. The maximum absolute atomic E-state index is 11.5. The molecule has 0 N–H and O–H groups in total. The van der Waals surface area contributed by atoms with Crippen molar-refractivity contribution in [1.82, 2.24) is 4.98 Å². The maximum atomic E-state index is 11.5. The quantitative estimate of drug-likeness (QED) is 0.440. The van der Waals surface area contributed by atoms with Crippen molar-refractivity contribution in [2.75, 3.05) is 13.2 Å². The Morgan fingerprint density at radius 2 is 1.89 bits per heavy atom. The van der Waals surface area contributed by atoms with E-state index in [-0.39, 0.29) is 29.4 Å². The Morgan fingerprint density at radius 3 is 2.44 bits per heavy atom. The lowest BCUT2D eigenvalue weighted by Gasteiger charge is -2.08. The van der Waals surface area contributed by atoms with Crippen LogP contribution in [0.1, 0.15) is 30.0 Å². The van der Waals surface area contributed by atoms with Crippen LogP contribution in [0.3, 0.4) is 0 Å². The summed E-state index contributed by atoms with van der Waals surface area (Å²) in [7, 11) is 0. The number of hydrogen-bond donors (Lipinski definition) is 0. The highest BCUT2D eigenvalue weighted by molar-refractivity contribution is 5.88. The highest BCUT2D eigenvalue weighted by Gasteiger charge is 2.13. The molecule has 18 heavy (non-hydrogen) atoms. The molecule has 6 nitrogen and oxygen atoms in total. The van der Waals surface area contributed by atoms with Crippen molar-refractivity contribution in [1.29, 1.82) is 0 Å². The Kier molecular flexibility index (Phi) is 4.98. The summed E-state index contributed by atoms with van der Waals surface area (Å²) in [4.78, 5) is 26.1. The highest BCUT2D eigenvalue weighted by atomic mass is 16.5. The zero-order valence-electron chi connectivity index (χ0n) is 10.3. The summed E-state index contributed by atoms with van der Waals surface area (Å²) in [5, 5.41) is 2.78. The minimum Gasteiger partial charge on any atom is -0.492 e. The normalized spacial score (nSPS) is 9.67. The van der Waals surface area contributed by atoms with Crippen LogP contribution in [0.4, 0.5) is 5.69 Å². The predicted octanol–water partition coefficient (Wildman–Crippen LogP) is 2.66. The van der Waals surface area contributed by atoms with Gasteiger partial charge in [0.05, 0.1) is 13.2 Å². The molecular formula is C12H14N2O4. The van der Waals surface area contributed by atoms with Crippen molar-refractivity contribution in [3.05, 3.63) is 35.0 Å². The Bertz CT molecular complexity index is 435. The molecule has 6 heteroatoms. The molecule has 1 heterocycles. The average Bonchev–Trinajstić information content (AvgIpc) is 2.38. The number of nitrogens with zero attached hydrogens (tertiary/aromatic N) is 2. The lowest BCUT2D eigenvalue weighted by atomic mass is 10.2. The molecule has 0 saturated heterocycles. The first kappa shape index (κ1) is 13.8. The van der Waals surface area contributed by atoms with E-state index in [0.29, 0.717) is 6.61 Å². The van der Waals surface area contributed by atoms with Crippen LogP contribution in [0.5, 0.6) is 0 Å². The number of rotatable bonds is 6. The van der Waals surface area contributed by atoms with Gasteiger partial charge in [0.2, 0.25) is 0 Å². The summed E-state index contributed by atoms with van der Waals surface area (Å²) < 4.78 is 9.98. The summed E-state index contributed by atoms with van der Waals surface area (Å²) in [6, 6.07) is 2.65. The van der Waals surface area contributed by atoms with Crippen molar-refractivity contribution in [2.45, 2.75) is 13.8 Å². The van der Waals surface area contributed by atoms with E-state index in [4.69, 9.17) is 9.47 Å². The summed E-state index contributed by atoms with van der Waals surface area (Å²) in [5.74, 6) is -0.345. The summed E-state index contributed by atoms with van der Waals surface area (Å²) in [6.07, 6.45) is 0. The van der Waals surface area contributed by atoms with Crippen LogP contribution in [-0.4, -0.2) is 24.2 Å². The molecule has 0 aliphatic heterocycles.